The van der Waals surface area contributed by atoms with Crippen LogP contribution in [0.5, 0.6) is 0 Å². The minimum absolute atomic E-state index is 0.515. The highest BCUT2D eigenvalue weighted by atomic mass is 79.9. The van der Waals surface area contributed by atoms with Crippen LogP contribution >= 0.6 is 15.9 Å². The number of benzene rings is 1. The van der Waals surface area contributed by atoms with Crippen LogP contribution in [-0.2, 0) is 0 Å². The lowest BCUT2D eigenvalue weighted by Gasteiger charge is -2.10. The summed E-state index contributed by atoms with van der Waals surface area (Å²) in [6.07, 6.45) is 4.25. The standard InChI is InChI=1S/C15H16BrN5/c16-10-4-9(5-11(17)6-10)15-18-19-20-21(15)14-12-7-1-2-8(3-7)13(12)14/h4-8,12-14H,1-3,17H2. The van der Waals surface area contributed by atoms with Crippen LogP contribution in [0.15, 0.2) is 22.7 Å². The number of anilines is 1. The molecule has 0 amide bonds. The van der Waals surface area contributed by atoms with Gasteiger partial charge in [0.05, 0.1) is 6.04 Å². The van der Waals surface area contributed by atoms with Crippen molar-refractivity contribution in [1.82, 2.24) is 20.2 Å². The molecule has 0 radical (unpaired) electrons. The summed E-state index contributed by atoms with van der Waals surface area (Å²) < 4.78 is 3.02. The van der Waals surface area contributed by atoms with E-state index in [1.165, 1.54) is 19.3 Å². The smallest absolute Gasteiger partial charge is 0.182 e. The van der Waals surface area contributed by atoms with Crippen LogP contribution in [-0.4, -0.2) is 20.2 Å². The van der Waals surface area contributed by atoms with Gasteiger partial charge in [0.25, 0.3) is 0 Å². The maximum atomic E-state index is 5.95. The van der Waals surface area contributed by atoms with E-state index in [1.54, 1.807) is 0 Å². The normalized spacial score (nSPS) is 36.0. The van der Waals surface area contributed by atoms with Gasteiger partial charge in [-0.3, -0.25) is 0 Å². The van der Waals surface area contributed by atoms with Crippen molar-refractivity contribution in [3.8, 4) is 11.4 Å². The van der Waals surface area contributed by atoms with Crippen molar-refractivity contribution in [2.75, 3.05) is 5.73 Å². The van der Waals surface area contributed by atoms with Crippen molar-refractivity contribution in [3.05, 3.63) is 22.7 Å². The second-order valence-corrected chi connectivity index (χ2v) is 7.61. The number of tetrazole rings is 1. The molecule has 1 aromatic heterocycles. The van der Waals surface area contributed by atoms with Gasteiger partial charge in [-0.15, -0.1) is 5.10 Å². The summed E-state index contributed by atoms with van der Waals surface area (Å²) >= 11 is 3.50. The molecule has 3 fully saturated rings. The van der Waals surface area contributed by atoms with Gasteiger partial charge in [0.2, 0.25) is 0 Å². The highest BCUT2D eigenvalue weighted by Gasteiger charge is 2.66. The Labute approximate surface area is 131 Å². The fourth-order valence-corrected chi connectivity index (χ4v) is 5.44. The summed E-state index contributed by atoms with van der Waals surface area (Å²) in [4.78, 5) is 0. The molecule has 108 valence electrons. The molecule has 2 N–H and O–H groups in total. The van der Waals surface area contributed by atoms with E-state index in [0.29, 0.717) is 6.04 Å². The maximum Gasteiger partial charge on any atom is 0.182 e. The summed E-state index contributed by atoms with van der Waals surface area (Å²) in [5, 5.41) is 12.5. The van der Waals surface area contributed by atoms with Gasteiger partial charge in [0, 0.05) is 15.7 Å². The second-order valence-electron chi connectivity index (χ2n) is 6.70. The van der Waals surface area contributed by atoms with Gasteiger partial charge in [0.1, 0.15) is 0 Å². The number of hydrogen-bond donors (Lipinski definition) is 1. The first-order chi connectivity index (χ1) is 10.2. The van der Waals surface area contributed by atoms with Crippen LogP contribution in [0.3, 0.4) is 0 Å². The van der Waals surface area contributed by atoms with E-state index in [9.17, 15) is 0 Å². The number of aromatic nitrogens is 4. The Morgan fingerprint density at radius 1 is 1.14 bits per heavy atom. The van der Waals surface area contributed by atoms with E-state index >= 15 is 0 Å². The Morgan fingerprint density at radius 2 is 1.90 bits per heavy atom. The molecule has 5 rings (SSSR count). The van der Waals surface area contributed by atoms with Gasteiger partial charge in [-0.25, -0.2) is 4.68 Å². The van der Waals surface area contributed by atoms with Gasteiger partial charge < -0.3 is 5.73 Å². The van der Waals surface area contributed by atoms with Crippen molar-refractivity contribution in [2.45, 2.75) is 25.3 Å². The Balaban J connectivity index is 1.54. The van der Waals surface area contributed by atoms with Crippen molar-refractivity contribution >= 4 is 21.6 Å². The van der Waals surface area contributed by atoms with Crippen LogP contribution in [0.4, 0.5) is 5.69 Å². The van der Waals surface area contributed by atoms with Crippen molar-refractivity contribution < 1.29 is 0 Å². The molecule has 0 saturated heterocycles. The topological polar surface area (TPSA) is 69.6 Å². The second kappa shape index (κ2) is 4.06. The number of nitrogens with zero attached hydrogens (tertiary/aromatic N) is 4. The number of halogens is 1. The molecule has 6 heteroatoms. The summed E-state index contributed by atoms with van der Waals surface area (Å²) in [6.45, 7) is 0. The van der Waals surface area contributed by atoms with Crippen LogP contribution in [0.2, 0.25) is 0 Å². The van der Waals surface area contributed by atoms with E-state index in [4.69, 9.17) is 5.73 Å². The number of nitrogen functional groups attached to an aromatic ring is 1. The average Bonchev–Trinajstić information content (AvgIpc) is 2.87. The van der Waals surface area contributed by atoms with Crippen LogP contribution in [0.1, 0.15) is 25.3 Å². The zero-order chi connectivity index (χ0) is 14.1. The molecule has 2 bridgehead atoms. The van der Waals surface area contributed by atoms with E-state index in [-0.39, 0.29) is 0 Å². The molecule has 4 atom stereocenters. The molecule has 0 spiro atoms. The molecule has 5 nitrogen and oxygen atoms in total. The average molecular weight is 346 g/mol. The molecule has 1 heterocycles. The first-order valence-electron chi connectivity index (χ1n) is 7.56. The molecule has 3 aliphatic rings. The Hall–Kier alpha value is -1.43. The van der Waals surface area contributed by atoms with Gasteiger partial charge in [0.15, 0.2) is 5.82 Å². The first kappa shape index (κ1) is 12.1. The summed E-state index contributed by atoms with van der Waals surface area (Å²) in [7, 11) is 0. The third-order valence-corrected chi connectivity index (χ3v) is 6.11. The van der Waals surface area contributed by atoms with Crippen molar-refractivity contribution in [2.24, 2.45) is 23.7 Å². The first-order valence-corrected chi connectivity index (χ1v) is 8.36. The number of fused-ring (bicyclic) bond motifs is 5. The molecule has 2 aromatic rings. The quantitative estimate of drug-likeness (QED) is 0.849. The van der Waals surface area contributed by atoms with Crippen LogP contribution < -0.4 is 5.73 Å². The maximum absolute atomic E-state index is 5.95. The molecule has 4 unspecified atom stereocenters. The lowest BCUT2D eigenvalue weighted by atomic mass is 10.0. The fourth-order valence-electron chi connectivity index (χ4n) is 4.93. The third kappa shape index (κ3) is 1.65. The summed E-state index contributed by atoms with van der Waals surface area (Å²) in [5.41, 5.74) is 7.66. The monoisotopic (exact) mass is 345 g/mol. The molecular weight excluding hydrogens is 330 g/mol. The molecule has 0 aliphatic heterocycles. The highest BCUT2D eigenvalue weighted by Crippen LogP contribution is 2.71. The molecule has 3 saturated carbocycles. The van der Waals surface area contributed by atoms with Gasteiger partial charge in [-0.05, 0) is 71.6 Å². The van der Waals surface area contributed by atoms with Crippen molar-refractivity contribution in [3.63, 3.8) is 0 Å². The highest BCUT2D eigenvalue weighted by molar-refractivity contribution is 9.10. The molecule has 21 heavy (non-hydrogen) atoms. The van der Waals surface area contributed by atoms with Gasteiger partial charge >= 0.3 is 0 Å². The van der Waals surface area contributed by atoms with Crippen LogP contribution in [0.25, 0.3) is 11.4 Å². The zero-order valence-corrected chi connectivity index (χ0v) is 13.1. The Bertz CT molecular complexity index is 690. The predicted octanol–water partition coefficient (Wildman–Crippen LogP) is 2.90. The van der Waals surface area contributed by atoms with E-state index in [0.717, 1.165) is 45.2 Å². The van der Waals surface area contributed by atoms with E-state index < -0.39 is 0 Å². The third-order valence-electron chi connectivity index (χ3n) is 5.65. The molecular formula is C15H16BrN5. The predicted molar refractivity (Wildman–Crippen MR) is 82.2 cm³/mol. The number of hydrogen-bond acceptors (Lipinski definition) is 4. The SMILES string of the molecule is Nc1cc(Br)cc(-c2nnnn2C2C3C4CCC(C4)C32)c1. The van der Waals surface area contributed by atoms with Gasteiger partial charge in [-0.2, -0.15) is 0 Å². The minimum Gasteiger partial charge on any atom is -0.399 e. The summed E-state index contributed by atoms with van der Waals surface area (Å²) in [5.74, 6) is 4.30. The van der Waals surface area contributed by atoms with Crippen molar-refractivity contribution in [1.29, 1.82) is 0 Å². The lowest BCUT2D eigenvalue weighted by Crippen LogP contribution is -2.08. The van der Waals surface area contributed by atoms with Gasteiger partial charge in [-0.1, -0.05) is 15.9 Å². The Morgan fingerprint density at radius 3 is 2.62 bits per heavy atom. The number of rotatable bonds is 2. The zero-order valence-electron chi connectivity index (χ0n) is 11.5. The van der Waals surface area contributed by atoms with E-state index in [2.05, 4.69) is 36.1 Å². The molecule has 1 aromatic carbocycles. The molecule has 3 aliphatic carbocycles. The fraction of sp³-hybridized carbons (Fsp3) is 0.533. The van der Waals surface area contributed by atoms with Crippen LogP contribution in [0, 0.1) is 23.7 Å². The minimum atomic E-state index is 0.515. The number of nitrogens with two attached hydrogens (primary N) is 1. The lowest BCUT2D eigenvalue weighted by molar-refractivity contribution is 0.427. The van der Waals surface area contributed by atoms with E-state index in [1.807, 2.05) is 18.2 Å². The Kier molecular flexibility index (Phi) is 2.35. The largest absolute Gasteiger partial charge is 0.399 e. The summed E-state index contributed by atoms with van der Waals surface area (Å²) in [6, 6.07) is 6.39.